The molecule has 1 rings (SSSR count). The summed E-state index contributed by atoms with van der Waals surface area (Å²) in [6.07, 6.45) is -0.308. The molecular weight excluding hydrogens is 125 g/mol. The second kappa shape index (κ2) is 2.43. The van der Waals surface area contributed by atoms with Crippen LogP contribution >= 0.6 is 0 Å². The van der Waals surface area contributed by atoms with Gasteiger partial charge in [0.25, 0.3) is 12.4 Å². The van der Waals surface area contributed by atoms with Crippen LogP contribution in [0.15, 0.2) is 9.98 Å². The normalized spacial score (nSPS) is 24.7. The molecule has 0 aromatic rings. The Balaban J connectivity index is 2.55. The number of halogens is 1. The van der Waals surface area contributed by atoms with Crippen molar-refractivity contribution in [3.05, 3.63) is 0 Å². The Morgan fingerprint density at radius 3 is 3.11 bits per heavy atom. The third kappa shape index (κ3) is 1.38. The van der Waals surface area contributed by atoms with E-state index in [2.05, 4.69) is 20.0 Å². The minimum atomic E-state index is -1.51. The van der Waals surface area contributed by atoms with Gasteiger partial charge in [-0.15, -0.1) is 0 Å². The van der Waals surface area contributed by atoms with Gasteiger partial charge in [0.05, 0.1) is 13.4 Å². The molecule has 0 aromatic carbocycles. The molecule has 0 aromatic heterocycles. The van der Waals surface area contributed by atoms with Crippen molar-refractivity contribution in [2.75, 3.05) is 7.11 Å². The Hall–Kier alpha value is -1.13. The number of hydrogen-bond acceptors (Lipinski definition) is 4. The number of rotatable bonds is 0. The van der Waals surface area contributed by atoms with Crippen molar-refractivity contribution in [1.82, 2.24) is 5.32 Å². The minimum absolute atomic E-state index is 0.150. The number of nitrogens with zero attached hydrogens (tertiary/aromatic N) is 2. The summed E-state index contributed by atoms with van der Waals surface area (Å²) in [6, 6.07) is 0.150. The minimum Gasteiger partial charge on any atom is -0.468 e. The summed E-state index contributed by atoms with van der Waals surface area (Å²) >= 11 is 0. The van der Waals surface area contributed by atoms with Crippen molar-refractivity contribution in [1.29, 1.82) is 0 Å². The average molecular weight is 131 g/mol. The predicted molar refractivity (Wildman–Crippen MR) is 31.0 cm³/mol. The summed E-state index contributed by atoms with van der Waals surface area (Å²) in [4.78, 5) is 6.58. The summed E-state index contributed by atoms with van der Waals surface area (Å²) in [5, 5.41) is 2.50. The topological polar surface area (TPSA) is 46.0 Å². The van der Waals surface area contributed by atoms with E-state index in [-0.39, 0.29) is 6.02 Å². The second-order valence-corrected chi connectivity index (χ2v) is 1.37. The lowest BCUT2D eigenvalue weighted by atomic mass is 10.8. The van der Waals surface area contributed by atoms with Crippen LogP contribution in [-0.4, -0.2) is 25.9 Å². The molecule has 0 fully saturated rings. The van der Waals surface area contributed by atoms with E-state index >= 15 is 0 Å². The molecule has 0 spiro atoms. The number of ether oxygens (including phenoxy) is 1. The van der Waals surface area contributed by atoms with Crippen LogP contribution < -0.4 is 5.32 Å². The molecule has 1 aliphatic heterocycles. The predicted octanol–water partition coefficient (Wildman–Crippen LogP) is -0.127. The van der Waals surface area contributed by atoms with Gasteiger partial charge in [0.15, 0.2) is 0 Å². The monoisotopic (exact) mass is 131 g/mol. The van der Waals surface area contributed by atoms with E-state index in [1.54, 1.807) is 0 Å². The van der Waals surface area contributed by atoms with Gasteiger partial charge < -0.3 is 10.1 Å². The zero-order chi connectivity index (χ0) is 6.69. The van der Waals surface area contributed by atoms with E-state index in [1.807, 2.05) is 0 Å². The van der Waals surface area contributed by atoms with Gasteiger partial charge >= 0.3 is 0 Å². The van der Waals surface area contributed by atoms with Crippen molar-refractivity contribution < 1.29 is 9.13 Å². The maximum absolute atomic E-state index is 12.1. The molecule has 0 amide bonds. The molecule has 0 aliphatic carbocycles. The lowest BCUT2D eigenvalue weighted by Gasteiger charge is -2.07. The van der Waals surface area contributed by atoms with Gasteiger partial charge in [0.1, 0.15) is 0 Å². The van der Waals surface area contributed by atoms with Crippen LogP contribution in [0, 0.1) is 0 Å². The summed E-state index contributed by atoms with van der Waals surface area (Å²) in [7, 11) is 1.40. The smallest absolute Gasteiger partial charge is 0.294 e. The van der Waals surface area contributed by atoms with Crippen LogP contribution in [0.25, 0.3) is 0 Å². The molecule has 5 heteroatoms. The van der Waals surface area contributed by atoms with E-state index in [9.17, 15) is 4.39 Å². The van der Waals surface area contributed by atoms with Gasteiger partial charge in [0.2, 0.25) is 0 Å². The number of alkyl halides is 1. The summed E-state index contributed by atoms with van der Waals surface area (Å²) in [5.41, 5.74) is 0. The first-order valence-corrected chi connectivity index (χ1v) is 2.37. The number of hydrogen-bond donors (Lipinski definition) is 1. The highest BCUT2D eigenvalue weighted by Crippen LogP contribution is 1.96. The Morgan fingerprint density at radius 2 is 2.67 bits per heavy atom. The van der Waals surface area contributed by atoms with Crippen LogP contribution in [0.4, 0.5) is 4.39 Å². The van der Waals surface area contributed by atoms with E-state index in [1.165, 1.54) is 13.4 Å². The van der Waals surface area contributed by atoms with E-state index in [0.29, 0.717) is 0 Å². The molecule has 0 radical (unpaired) electrons. The molecule has 9 heavy (non-hydrogen) atoms. The zero-order valence-corrected chi connectivity index (χ0v) is 4.84. The van der Waals surface area contributed by atoms with Crippen molar-refractivity contribution >= 4 is 12.4 Å². The Labute approximate surface area is 51.4 Å². The van der Waals surface area contributed by atoms with Gasteiger partial charge in [-0.2, -0.15) is 9.38 Å². The molecule has 0 saturated heterocycles. The van der Waals surface area contributed by atoms with Crippen LogP contribution in [-0.2, 0) is 4.74 Å². The second-order valence-electron chi connectivity index (χ2n) is 1.37. The van der Waals surface area contributed by atoms with Crippen LogP contribution in [0.1, 0.15) is 0 Å². The van der Waals surface area contributed by atoms with Gasteiger partial charge in [-0.05, 0) is 0 Å². The SMILES string of the molecule is COC1=NC(F)N=CN1. The lowest BCUT2D eigenvalue weighted by molar-refractivity contribution is 0.325. The maximum atomic E-state index is 12.1. The van der Waals surface area contributed by atoms with Gasteiger partial charge in [-0.1, -0.05) is 0 Å². The van der Waals surface area contributed by atoms with Crippen molar-refractivity contribution in [2.45, 2.75) is 6.42 Å². The molecular formula is C4H6FN3O. The molecule has 1 atom stereocenters. The van der Waals surface area contributed by atoms with Crippen LogP contribution in [0.5, 0.6) is 0 Å². The summed E-state index contributed by atoms with van der Waals surface area (Å²) < 4.78 is 16.7. The van der Waals surface area contributed by atoms with E-state index in [4.69, 9.17) is 0 Å². The fourth-order valence-electron chi connectivity index (χ4n) is 0.433. The summed E-state index contributed by atoms with van der Waals surface area (Å²) in [6.45, 7) is 0. The van der Waals surface area contributed by atoms with Gasteiger partial charge in [-0.3, -0.25) is 0 Å². The molecule has 1 aliphatic rings. The molecule has 50 valence electrons. The first kappa shape index (κ1) is 6.00. The Kier molecular flexibility index (Phi) is 1.62. The fraction of sp³-hybridized carbons (Fsp3) is 0.500. The molecule has 0 saturated carbocycles. The zero-order valence-electron chi connectivity index (χ0n) is 4.84. The number of nitrogens with one attached hydrogen (secondary N) is 1. The van der Waals surface area contributed by atoms with E-state index in [0.717, 1.165) is 0 Å². The Morgan fingerprint density at radius 1 is 1.89 bits per heavy atom. The van der Waals surface area contributed by atoms with Crippen LogP contribution in [0.2, 0.25) is 0 Å². The Bertz CT molecular complexity index is 156. The lowest BCUT2D eigenvalue weighted by Crippen LogP contribution is -2.28. The average Bonchev–Trinajstić information content (AvgIpc) is 1.88. The van der Waals surface area contributed by atoms with Crippen LogP contribution in [0.3, 0.4) is 0 Å². The van der Waals surface area contributed by atoms with Crippen molar-refractivity contribution in [2.24, 2.45) is 9.98 Å². The highest BCUT2D eigenvalue weighted by molar-refractivity contribution is 5.87. The first-order valence-electron chi connectivity index (χ1n) is 2.37. The van der Waals surface area contributed by atoms with Crippen molar-refractivity contribution in [3.63, 3.8) is 0 Å². The molecule has 1 heterocycles. The maximum Gasteiger partial charge on any atom is 0.294 e. The quantitative estimate of drug-likeness (QED) is 0.465. The summed E-state index contributed by atoms with van der Waals surface area (Å²) in [5.74, 6) is 0. The van der Waals surface area contributed by atoms with Gasteiger partial charge in [0, 0.05) is 0 Å². The molecule has 1 unspecified atom stereocenters. The standard InChI is InChI=1S/C4H6FN3O/c1-9-4-7-2-6-3(5)8-4/h2-3H,1H3,(H,6,7,8). The molecule has 0 bridgehead atoms. The highest BCUT2D eigenvalue weighted by atomic mass is 19.1. The third-order valence-corrected chi connectivity index (χ3v) is 0.803. The number of aliphatic imine (C=N–C) groups is 2. The fourth-order valence-corrected chi connectivity index (χ4v) is 0.433. The van der Waals surface area contributed by atoms with E-state index < -0.39 is 6.42 Å². The first-order chi connectivity index (χ1) is 4.33. The van der Waals surface area contributed by atoms with Crippen molar-refractivity contribution in [3.8, 4) is 0 Å². The molecule has 1 N–H and O–H groups in total. The third-order valence-electron chi connectivity index (χ3n) is 0.803. The molecule has 4 nitrogen and oxygen atoms in total. The number of amidine groups is 1. The highest BCUT2D eigenvalue weighted by Gasteiger charge is 2.06. The largest absolute Gasteiger partial charge is 0.468 e. The number of methoxy groups -OCH3 is 1. The van der Waals surface area contributed by atoms with Gasteiger partial charge in [-0.25, -0.2) is 4.99 Å².